The molecule has 3 heterocycles. The van der Waals surface area contributed by atoms with Crippen molar-refractivity contribution in [2.75, 3.05) is 42.6 Å². The standard InChI is InChI=1S/C22H30N4O2/c1-17-6-5-9-26(19(14-17)15-18-7-3-2-4-8-18)22-23-20(16-21(27)24-22)25-10-12-28-13-11-25/h2-4,7-8,16-17,19H,5-6,9-15H2,1H3,(H,23,24,27)/t17-,19+/m1/s1. The van der Waals surface area contributed by atoms with Crippen molar-refractivity contribution in [1.29, 1.82) is 0 Å². The maximum Gasteiger partial charge on any atom is 0.254 e. The van der Waals surface area contributed by atoms with Crippen LogP contribution in [0, 0.1) is 5.92 Å². The number of ether oxygens (including phenoxy) is 1. The molecular weight excluding hydrogens is 352 g/mol. The SMILES string of the molecule is C[C@@H]1CCCN(c2nc(N3CCOCC3)cc(=O)[nH]2)[C@H](Cc2ccccc2)C1. The summed E-state index contributed by atoms with van der Waals surface area (Å²) in [7, 11) is 0. The third-order valence-corrected chi connectivity index (χ3v) is 5.85. The van der Waals surface area contributed by atoms with Crippen LogP contribution in [-0.4, -0.2) is 48.9 Å². The Labute approximate surface area is 166 Å². The number of rotatable bonds is 4. The monoisotopic (exact) mass is 382 g/mol. The van der Waals surface area contributed by atoms with Crippen molar-refractivity contribution in [3.8, 4) is 0 Å². The summed E-state index contributed by atoms with van der Waals surface area (Å²) in [6, 6.07) is 12.6. The van der Waals surface area contributed by atoms with Gasteiger partial charge in [-0.15, -0.1) is 0 Å². The Morgan fingerprint density at radius 1 is 1.18 bits per heavy atom. The number of hydrogen-bond acceptors (Lipinski definition) is 5. The van der Waals surface area contributed by atoms with Crippen LogP contribution in [0.2, 0.25) is 0 Å². The highest BCUT2D eigenvalue weighted by Crippen LogP contribution is 2.28. The number of nitrogens with one attached hydrogen (secondary N) is 1. The van der Waals surface area contributed by atoms with Crippen LogP contribution in [-0.2, 0) is 11.2 Å². The second kappa shape index (κ2) is 8.78. The van der Waals surface area contributed by atoms with E-state index in [1.807, 2.05) is 0 Å². The molecule has 28 heavy (non-hydrogen) atoms. The highest BCUT2D eigenvalue weighted by atomic mass is 16.5. The van der Waals surface area contributed by atoms with Gasteiger partial charge in [-0.2, -0.15) is 4.98 Å². The molecular formula is C22H30N4O2. The van der Waals surface area contributed by atoms with Crippen LogP contribution in [0.25, 0.3) is 0 Å². The van der Waals surface area contributed by atoms with Gasteiger partial charge in [0.05, 0.1) is 13.2 Å². The first-order valence-corrected chi connectivity index (χ1v) is 10.4. The average Bonchev–Trinajstić information content (AvgIpc) is 2.90. The Morgan fingerprint density at radius 3 is 2.75 bits per heavy atom. The van der Waals surface area contributed by atoms with Crippen LogP contribution in [0.15, 0.2) is 41.2 Å². The summed E-state index contributed by atoms with van der Waals surface area (Å²) in [4.78, 5) is 24.8. The predicted octanol–water partition coefficient (Wildman–Crippen LogP) is 2.84. The normalized spacial score (nSPS) is 23.5. The zero-order valence-electron chi connectivity index (χ0n) is 16.6. The van der Waals surface area contributed by atoms with E-state index in [1.165, 1.54) is 12.0 Å². The summed E-state index contributed by atoms with van der Waals surface area (Å²) in [5.74, 6) is 2.15. The zero-order chi connectivity index (χ0) is 19.3. The van der Waals surface area contributed by atoms with Crippen molar-refractivity contribution in [3.05, 3.63) is 52.3 Å². The second-order valence-electron chi connectivity index (χ2n) is 8.05. The van der Waals surface area contributed by atoms with E-state index < -0.39 is 0 Å². The molecule has 2 saturated heterocycles. The second-order valence-corrected chi connectivity index (χ2v) is 8.05. The van der Waals surface area contributed by atoms with Gasteiger partial charge in [-0.25, -0.2) is 0 Å². The van der Waals surface area contributed by atoms with Crippen molar-refractivity contribution >= 4 is 11.8 Å². The first-order chi connectivity index (χ1) is 13.7. The number of hydrogen-bond donors (Lipinski definition) is 1. The summed E-state index contributed by atoms with van der Waals surface area (Å²) in [5, 5.41) is 0. The molecule has 0 bridgehead atoms. The Bertz CT molecular complexity index is 817. The van der Waals surface area contributed by atoms with Crippen LogP contribution in [0.1, 0.15) is 31.7 Å². The molecule has 0 spiro atoms. The van der Waals surface area contributed by atoms with Gasteiger partial charge in [0.2, 0.25) is 5.95 Å². The Kier molecular flexibility index (Phi) is 5.95. The van der Waals surface area contributed by atoms with Gasteiger partial charge in [0.1, 0.15) is 5.82 Å². The van der Waals surface area contributed by atoms with Gasteiger partial charge in [0, 0.05) is 31.7 Å². The Balaban J connectivity index is 1.63. The van der Waals surface area contributed by atoms with Crippen molar-refractivity contribution < 1.29 is 4.74 Å². The number of nitrogens with zero attached hydrogens (tertiary/aromatic N) is 3. The van der Waals surface area contributed by atoms with Crippen molar-refractivity contribution in [3.63, 3.8) is 0 Å². The van der Waals surface area contributed by atoms with E-state index >= 15 is 0 Å². The number of H-pyrrole nitrogens is 1. The van der Waals surface area contributed by atoms with Gasteiger partial charge in [0.15, 0.2) is 0 Å². The number of aromatic amines is 1. The van der Waals surface area contributed by atoms with E-state index in [2.05, 4.69) is 52.0 Å². The van der Waals surface area contributed by atoms with Crippen LogP contribution in [0.4, 0.5) is 11.8 Å². The number of aromatic nitrogens is 2. The molecule has 0 radical (unpaired) electrons. The molecule has 0 amide bonds. The van der Waals surface area contributed by atoms with E-state index in [0.717, 1.165) is 44.7 Å². The molecule has 2 aliphatic rings. The molecule has 6 heteroatoms. The first-order valence-electron chi connectivity index (χ1n) is 10.4. The molecule has 1 N–H and O–H groups in total. The van der Waals surface area contributed by atoms with Crippen molar-refractivity contribution in [2.24, 2.45) is 5.92 Å². The van der Waals surface area contributed by atoms with E-state index in [9.17, 15) is 4.79 Å². The lowest BCUT2D eigenvalue weighted by Crippen LogP contribution is -2.41. The summed E-state index contributed by atoms with van der Waals surface area (Å²) in [6.07, 6.45) is 4.42. The topological polar surface area (TPSA) is 61.5 Å². The summed E-state index contributed by atoms with van der Waals surface area (Å²) in [6.45, 7) is 6.18. The van der Waals surface area contributed by atoms with Crippen molar-refractivity contribution in [2.45, 2.75) is 38.6 Å². The Morgan fingerprint density at radius 2 is 1.96 bits per heavy atom. The number of morpholine rings is 1. The molecule has 1 aromatic heterocycles. The number of benzene rings is 1. The molecule has 2 aromatic rings. The van der Waals surface area contributed by atoms with E-state index in [-0.39, 0.29) is 5.56 Å². The van der Waals surface area contributed by atoms with Gasteiger partial charge >= 0.3 is 0 Å². The smallest absolute Gasteiger partial charge is 0.254 e. The van der Waals surface area contributed by atoms with Gasteiger partial charge < -0.3 is 14.5 Å². The van der Waals surface area contributed by atoms with Crippen LogP contribution in [0.3, 0.4) is 0 Å². The zero-order valence-corrected chi connectivity index (χ0v) is 16.6. The lowest BCUT2D eigenvalue weighted by molar-refractivity contribution is 0.122. The number of anilines is 2. The minimum absolute atomic E-state index is 0.0813. The molecule has 0 unspecified atom stereocenters. The minimum atomic E-state index is -0.0813. The fourth-order valence-electron chi connectivity index (χ4n) is 4.38. The van der Waals surface area contributed by atoms with Crippen LogP contribution >= 0.6 is 0 Å². The largest absolute Gasteiger partial charge is 0.378 e. The summed E-state index contributed by atoms with van der Waals surface area (Å²) in [5.41, 5.74) is 1.25. The molecule has 2 aliphatic heterocycles. The minimum Gasteiger partial charge on any atom is -0.378 e. The maximum absolute atomic E-state index is 12.4. The summed E-state index contributed by atoms with van der Waals surface area (Å²) < 4.78 is 5.44. The van der Waals surface area contributed by atoms with E-state index in [0.29, 0.717) is 31.1 Å². The molecule has 0 saturated carbocycles. The molecule has 0 aliphatic carbocycles. The highest BCUT2D eigenvalue weighted by Gasteiger charge is 2.27. The maximum atomic E-state index is 12.4. The first kappa shape index (κ1) is 19.0. The molecule has 2 atom stereocenters. The third-order valence-electron chi connectivity index (χ3n) is 5.85. The molecule has 4 rings (SSSR count). The van der Waals surface area contributed by atoms with Crippen LogP contribution in [0.5, 0.6) is 0 Å². The average molecular weight is 383 g/mol. The molecule has 6 nitrogen and oxygen atoms in total. The van der Waals surface area contributed by atoms with Crippen molar-refractivity contribution in [1.82, 2.24) is 9.97 Å². The van der Waals surface area contributed by atoms with Crippen LogP contribution < -0.4 is 15.4 Å². The summed E-state index contributed by atoms with van der Waals surface area (Å²) >= 11 is 0. The quantitative estimate of drug-likeness (QED) is 0.881. The van der Waals surface area contributed by atoms with Gasteiger partial charge in [-0.1, -0.05) is 37.3 Å². The lowest BCUT2D eigenvalue weighted by atomic mass is 9.94. The van der Waals surface area contributed by atoms with Gasteiger partial charge in [-0.05, 0) is 37.2 Å². The fourth-order valence-corrected chi connectivity index (χ4v) is 4.38. The van der Waals surface area contributed by atoms with E-state index in [4.69, 9.17) is 9.72 Å². The third kappa shape index (κ3) is 4.55. The van der Waals surface area contributed by atoms with Gasteiger partial charge in [-0.3, -0.25) is 9.78 Å². The highest BCUT2D eigenvalue weighted by molar-refractivity contribution is 5.45. The predicted molar refractivity (Wildman–Crippen MR) is 112 cm³/mol. The van der Waals surface area contributed by atoms with E-state index in [1.54, 1.807) is 6.07 Å². The molecule has 150 valence electrons. The molecule has 1 aromatic carbocycles. The fraction of sp³-hybridized carbons (Fsp3) is 0.545. The van der Waals surface area contributed by atoms with Gasteiger partial charge in [0.25, 0.3) is 5.56 Å². The molecule has 2 fully saturated rings. The Hall–Kier alpha value is -2.34. The lowest BCUT2D eigenvalue weighted by Gasteiger charge is -2.33.